The fraction of sp³-hybridized carbons (Fsp3) is 0.895. The van der Waals surface area contributed by atoms with Gasteiger partial charge >= 0.3 is 0 Å². The summed E-state index contributed by atoms with van der Waals surface area (Å²) in [4.78, 5) is 25.1. The van der Waals surface area contributed by atoms with Gasteiger partial charge in [-0.2, -0.15) is 0 Å². The van der Waals surface area contributed by atoms with Crippen LogP contribution < -0.4 is 0 Å². The van der Waals surface area contributed by atoms with E-state index in [9.17, 15) is 9.59 Å². The topological polar surface area (TPSA) is 34.1 Å². The Morgan fingerprint density at radius 1 is 0.952 bits per heavy atom. The quantitative estimate of drug-likeness (QED) is 0.670. The van der Waals surface area contributed by atoms with E-state index in [-0.39, 0.29) is 10.8 Å². The van der Waals surface area contributed by atoms with Gasteiger partial charge in [0, 0.05) is 24.2 Å². The number of carbonyl (C=O) groups is 2. The first-order valence-corrected chi connectivity index (χ1v) is 9.03. The number of ketones is 2. The lowest BCUT2D eigenvalue weighted by Crippen LogP contribution is -2.55. The number of Topliss-reactive ketones (excluding diaryl/α,β-unsaturated/α-hetero) is 2. The molecule has 116 valence electrons. The van der Waals surface area contributed by atoms with Crippen molar-refractivity contribution in [2.75, 3.05) is 0 Å². The summed E-state index contributed by atoms with van der Waals surface area (Å²) >= 11 is 0. The lowest BCUT2D eigenvalue weighted by molar-refractivity contribution is -0.155. The van der Waals surface area contributed by atoms with Crippen molar-refractivity contribution in [2.45, 2.75) is 71.6 Å². The highest BCUT2D eigenvalue weighted by Crippen LogP contribution is 2.64. The van der Waals surface area contributed by atoms with E-state index in [2.05, 4.69) is 13.8 Å². The van der Waals surface area contributed by atoms with Crippen LogP contribution in [0, 0.1) is 34.5 Å². The minimum absolute atomic E-state index is 0.0979. The highest BCUT2D eigenvalue weighted by molar-refractivity contribution is 5.88. The molecule has 0 aromatic carbocycles. The summed E-state index contributed by atoms with van der Waals surface area (Å²) in [5, 5.41) is 0. The van der Waals surface area contributed by atoms with Gasteiger partial charge in [0.25, 0.3) is 0 Å². The van der Waals surface area contributed by atoms with Gasteiger partial charge in [-0.25, -0.2) is 0 Å². The molecule has 6 atom stereocenters. The van der Waals surface area contributed by atoms with Crippen molar-refractivity contribution >= 4 is 11.6 Å². The van der Waals surface area contributed by atoms with Crippen molar-refractivity contribution in [3.63, 3.8) is 0 Å². The fourth-order valence-electron chi connectivity index (χ4n) is 6.87. The maximum Gasteiger partial charge on any atom is 0.139 e. The SMILES string of the molecule is C[C@]12CCCC[C@@H]1C(=O)C[C@H]1[C@H]2CC[C@]2(C)C(=O)CC[C@H]12. The summed E-state index contributed by atoms with van der Waals surface area (Å²) in [5.74, 6) is 3.03. The zero-order valence-corrected chi connectivity index (χ0v) is 13.5. The van der Waals surface area contributed by atoms with Crippen molar-refractivity contribution < 1.29 is 9.59 Å². The van der Waals surface area contributed by atoms with Gasteiger partial charge in [0.2, 0.25) is 0 Å². The third-order valence-electron chi connectivity index (χ3n) is 8.07. The zero-order chi connectivity index (χ0) is 14.8. The van der Waals surface area contributed by atoms with Crippen LogP contribution in [0.4, 0.5) is 0 Å². The monoisotopic (exact) mass is 288 g/mol. The summed E-state index contributed by atoms with van der Waals surface area (Å²) in [6.45, 7) is 4.61. The molecule has 4 fully saturated rings. The van der Waals surface area contributed by atoms with Crippen LogP contribution >= 0.6 is 0 Å². The Hall–Kier alpha value is -0.660. The van der Waals surface area contributed by atoms with Crippen LogP contribution in [0.25, 0.3) is 0 Å². The van der Waals surface area contributed by atoms with Gasteiger partial charge in [-0.1, -0.05) is 26.7 Å². The third-order valence-corrected chi connectivity index (χ3v) is 8.07. The van der Waals surface area contributed by atoms with Crippen molar-refractivity contribution in [3.05, 3.63) is 0 Å². The number of rotatable bonds is 0. The van der Waals surface area contributed by atoms with E-state index in [1.54, 1.807) is 0 Å². The van der Waals surface area contributed by atoms with Crippen molar-refractivity contribution in [1.82, 2.24) is 0 Å². The van der Waals surface area contributed by atoms with Gasteiger partial charge in [0.15, 0.2) is 0 Å². The maximum atomic E-state index is 12.8. The van der Waals surface area contributed by atoms with Crippen LogP contribution in [-0.4, -0.2) is 11.6 Å². The first kappa shape index (κ1) is 14.0. The Morgan fingerprint density at radius 2 is 1.76 bits per heavy atom. The highest BCUT2D eigenvalue weighted by atomic mass is 16.1. The van der Waals surface area contributed by atoms with Crippen molar-refractivity contribution in [2.24, 2.45) is 34.5 Å². The molecule has 0 heterocycles. The first-order valence-electron chi connectivity index (χ1n) is 9.03. The normalized spacial score (nSPS) is 53.0. The second-order valence-corrected chi connectivity index (χ2v) is 8.77. The van der Waals surface area contributed by atoms with Crippen LogP contribution in [0.2, 0.25) is 0 Å². The molecule has 0 N–H and O–H groups in total. The van der Waals surface area contributed by atoms with E-state index in [0.717, 1.165) is 32.1 Å². The van der Waals surface area contributed by atoms with E-state index in [0.29, 0.717) is 35.2 Å². The van der Waals surface area contributed by atoms with Crippen LogP contribution in [0.1, 0.15) is 71.6 Å². The molecule has 4 aliphatic rings. The Bertz CT molecular complexity index is 496. The number of hydrogen-bond acceptors (Lipinski definition) is 2. The predicted octanol–water partition coefficient (Wildman–Crippen LogP) is 4.17. The minimum Gasteiger partial charge on any atom is -0.299 e. The Morgan fingerprint density at radius 3 is 2.57 bits per heavy atom. The fourth-order valence-corrected chi connectivity index (χ4v) is 6.87. The Kier molecular flexibility index (Phi) is 2.94. The zero-order valence-electron chi connectivity index (χ0n) is 13.5. The average molecular weight is 288 g/mol. The second kappa shape index (κ2) is 4.43. The van der Waals surface area contributed by atoms with Crippen LogP contribution in [0.5, 0.6) is 0 Å². The summed E-state index contributed by atoms with van der Waals surface area (Å²) in [6.07, 6.45) is 9.74. The summed E-state index contributed by atoms with van der Waals surface area (Å²) in [6, 6.07) is 0. The molecule has 0 spiro atoms. The molecular weight excluding hydrogens is 260 g/mol. The van der Waals surface area contributed by atoms with Gasteiger partial charge in [0.1, 0.15) is 11.6 Å². The smallest absolute Gasteiger partial charge is 0.139 e. The number of hydrogen-bond donors (Lipinski definition) is 0. The highest BCUT2D eigenvalue weighted by Gasteiger charge is 2.61. The van der Waals surface area contributed by atoms with E-state index in [1.807, 2.05) is 0 Å². The molecule has 21 heavy (non-hydrogen) atoms. The van der Waals surface area contributed by atoms with Crippen molar-refractivity contribution in [1.29, 1.82) is 0 Å². The van der Waals surface area contributed by atoms with E-state index in [1.165, 1.54) is 25.7 Å². The summed E-state index contributed by atoms with van der Waals surface area (Å²) in [7, 11) is 0. The van der Waals surface area contributed by atoms with Gasteiger partial charge in [-0.15, -0.1) is 0 Å². The van der Waals surface area contributed by atoms with E-state index < -0.39 is 0 Å². The molecule has 0 aromatic rings. The van der Waals surface area contributed by atoms with E-state index >= 15 is 0 Å². The predicted molar refractivity (Wildman–Crippen MR) is 81.7 cm³/mol. The molecule has 0 saturated heterocycles. The molecule has 0 aliphatic heterocycles. The molecule has 4 aliphatic carbocycles. The molecular formula is C19H28O2. The molecule has 2 heteroatoms. The molecule has 0 amide bonds. The lowest BCUT2D eigenvalue weighted by atomic mass is 9.45. The molecule has 4 rings (SSSR count). The number of carbonyl (C=O) groups excluding carboxylic acids is 2. The second-order valence-electron chi connectivity index (χ2n) is 8.77. The molecule has 4 saturated carbocycles. The standard InChI is InChI=1S/C19H28O2/c1-18-9-4-3-5-15(18)16(20)11-12-13-6-7-17(21)19(13,2)10-8-14(12)18/h12-15H,3-11H2,1-2H3/t12-,13-,14-,15-,18-,19+/m1/s1. The minimum atomic E-state index is -0.0979. The summed E-state index contributed by atoms with van der Waals surface area (Å²) in [5.41, 5.74) is 0.143. The molecule has 2 nitrogen and oxygen atoms in total. The van der Waals surface area contributed by atoms with Crippen LogP contribution in [0.3, 0.4) is 0 Å². The van der Waals surface area contributed by atoms with Crippen molar-refractivity contribution in [3.8, 4) is 0 Å². The van der Waals surface area contributed by atoms with Gasteiger partial charge in [0.05, 0.1) is 0 Å². The van der Waals surface area contributed by atoms with Gasteiger partial charge < -0.3 is 0 Å². The lowest BCUT2D eigenvalue weighted by Gasteiger charge is -2.58. The third kappa shape index (κ3) is 1.71. The molecule has 0 aromatic heterocycles. The van der Waals surface area contributed by atoms with Gasteiger partial charge in [-0.05, 0) is 55.3 Å². The Balaban J connectivity index is 1.71. The molecule has 0 unspecified atom stereocenters. The largest absolute Gasteiger partial charge is 0.299 e. The maximum absolute atomic E-state index is 12.8. The average Bonchev–Trinajstić information content (AvgIpc) is 2.75. The van der Waals surface area contributed by atoms with Crippen LogP contribution in [-0.2, 0) is 9.59 Å². The number of fused-ring (bicyclic) bond motifs is 5. The Labute approximate surface area is 128 Å². The van der Waals surface area contributed by atoms with Gasteiger partial charge in [-0.3, -0.25) is 9.59 Å². The summed E-state index contributed by atoms with van der Waals surface area (Å²) < 4.78 is 0. The van der Waals surface area contributed by atoms with Crippen LogP contribution in [0.15, 0.2) is 0 Å². The molecule has 0 bridgehead atoms. The first-order chi connectivity index (χ1) is 9.97. The molecule has 0 radical (unpaired) electrons. The van der Waals surface area contributed by atoms with E-state index in [4.69, 9.17) is 0 Å².